The van der Waals surface area contributed by atoms with E-state index in [9.17, 15) is 4.79 Å². The molecule has 0 aliphatic carbocycles. The fraction of sp³-hybridized carbons (Fsp3) is 0.556. The van der Waals surface area contributed by atoms with E-state index in [1.54, 1.807) is 0 Å². The number of nitrogens with zero attached hydrogens (tertiary/aromatic N) is 1. The molecule has 0 aliphatic rings. The lowest BCUT2D eigenvalue weighted by Gasteiger charge is -1.98. The number of aromatic nitrogens is 1. The first-order chi connectivity index (χ1) is 6.63. The Bertz CT molecular complexity index is 303. The molecule has 0 saturated heterocycles. The molecule has 78 valence electrons. The Balaban J connectivity index is 2.42. The van der Waals surface area contributed by atoms with Crippen molar-refractivity contribution in [1.82, 2.24) is 10.3 Å². The number of hydrogen-bond acceptors (Lipinski definition) is 4. The average molecular weight is 214 g/mol. The minimum atomic E-state index is 0.00556. The molecular weight excluding hydrogens is 200 g/mol. The van der Waals surface area contributed by atoms with Crippen LogP contribution in [-0.4, -0.2) is 23.2 Å². The molecule has 0 aliphatic heterocycles. The van der Waals surface area contributed by atoms with Crippen LogP contribution >= 0.6 is 11.8 Å². The van der Waals surface area contributed by atoms with Crippen LogP contribution in [0.5, 0.6) is 0 Å². The maximum atomic E-state index is 11.1. The second kappa shape index (κ2) is 5.05. The van der Waals surface area contributed by atoms with Crippen molar-refractivity contribution in [2.45, 2.75) is 26.0 Å². The van der Waals surface area contributed by atoms with Gasteiger partial charge in [-0.3, -0.25) is 4.79 Å². The normalized spacial score (nSPS) is 10.2. The number of rotatable bonds is 4. The summed E-state index contributed by atoms with van der Waals surface area (Å²) >= 11 is 1.31. The summed E-state index contributed by atoms with van der Waals surface area (Å²) in [5.41, 5.74) is 0.878. The van der Waals surface area contributed by atoms with E-state index in [2.05, 4.69) is 10.3 Å². The molecule has 1 aromatic rings. The Morgan fingerprint density at radius 3 is 2.79 bits per heavy atom. The number of aryl methyl sites for hydroxylation is 2. The van der Waals surface area contributed by atoms with E-state index < -0.39 is 0 Å². The van der Waals surface area contributed by atoms with Gasteiger partial charge < -0.3 is 9.73 Å². The molecule has 5 heteroatoms. The van der Waals surface area contributed by atoms with Crippen molar-refractivity contribution >= 4 is 17.7 Å². The molecule has 0 atom stereocenters. The molecule has 1 rings (SSSR count). The molecule has 0 fully saturated rings. The van der Waals surface area contributed by atoms with Gasteiger partial charge in [-0.2, -0.15) is 0 Å². The molecule has 1 aromatic heterocycles. The number of amides is 1. The Hall–Kier alpha value is -0.970. The lowest BCUT2D eigenvalue weighted by molar-refractivity contribution is -0.118. The summed E-state index contributed by atoms with van der Waals surface area (Å²) in [5.74, 6) is 1.17. The third kappa shape index (κ3) is 3.06. The van der Waals surface area contributed by atoms with Crippen LogP contribution in [0.3, 0.4) is 0 Å². The van der Waals surface area contributed by atoms with Gasteiger partial charge in [0.25, 0.3) is 5.22 Å². The van der Waals surface area contributed by atoms with Crippen LogP contribution < -0.4 is 5.32 Å². The molecule has 0 spiro atoms. The molecule has 0 bridgehead atoms. The van der Waals surface area contributed by atoms with Gasteiger partial charge in [0.2, 0.25) is 5.91 Å². The van der Waals surface area contributed by atoms with Gasteiger partial charge in [0.1, 0.15) is 5.76 Å². The van der Waals surface area contributed by atoms with E-state index in [0.29, 0.717) is 17.5 Å². The van der Waals surface area contributed by atoms with E-state index in [-0.39, 0.29) is 5.91 Å². The zero-order valence-corrected chi connectivity index (χ0v) is 9.40. The van der Waals surface area contributed by atoms with Crippen LogP contribution in [0.25, 0.3) is 0 Å². The van der Waals surface area contributed by atoms with Crippen molar-refractivity contribution < 1.29 is 9.21 Å². The number of nitrogens with one attached hydrogen (secondary N) is 1. The predicted octanol–water partition coefficient (Wildman–Crippen LogP) is 1.52. The van der Waals surface area contributed by atoms with Crippen LogP contribution in [0.15, 0.2) is 9.64 Å². The minimum Gasteiger partial charge on any atom is -0.437 e. The monoisotopic (exact) mass is 214 g/mol. The molecule has 0 radical (unpaired) electrons. The topological polar surface area (TPSA) is 55.1 Å². The van der Waals surface area contributed by atoms with Gasteiger partial charge in [-0.1, -0.05) is 11.8 Å². The van der Waals surface area contributed by atoms with Gasteiger partial charge in [-0.25, -0.2) is 4.98 Å². The number of hydrogen-bond donors (Lipinski definition) is 1. The van der Waals surface area contributed by atoms with Crippen LogP contribution in [0, 0.1) is 13.8 Å². The highest BCUT2D eigenvalue weighted by Crippen LogP contribution is 2.19. The number of thioether (sulfide) groups is 1. The van der Waals surface area contributed by atoms with Crippen molar-refractivity contribution in [2.75, 3.05) is 12.3 Å². The lowest BCUT2D eigenvalue weighted by atomic mass is 10.4. The SMILES string of the molecule is CCNC(=O)CSc1nc(C)c(C)o1. The summed E-state index contributed by atoms with van der Waals surface area (Å²) in [4.78, 5) is 15.3. The van der Waals surface area contributed by atoms with E-state index in [1.165, 1.54) is 11.8 Å². The third-order valence-electron chi connectivity index (χ3n) is 1.71. The predicted molar refractivity (Wildman–Crippen MR) is 55.4 cm³/mol. The quantitative estimate of drug-likeness (QED) is 0.772. The largest absolute Gasteiger partial charge is 0.437 e. The van der Waals surface area contributed by atoms with Gasteiger partial charge in [-0.05, 0) is 20.8 Å². The van der Waals surface area contributed by atoms with Crippen molar-refractivity contribution in [3.05, 3.63) is 11.5 Å². The summed E-state index contributed by atoms with van der Waals surface area (Å²) < 4.78 is 5.31. The Morgan fingerprint density at radius 2 is 2.29 bits per heavy atom. The highest BCUT2D eigenvalue weighted by molar-refractivity contribution is 7.99. The molecule has 1 heterocycles. The molecule has 14 heavy (non-hydrogen) atoms. The van der Waals surface area contributed by atoms with E-state index in [1.807, 2.05) is 20.8 Å². The Kier molecular flexibility index (Phi) is 4.00. The second-order valence-electron chi connectivity index (χ2n) is 2.86. The minimum absolute atomic E-state index is 0.00556. The van der Waals surface area contributed by atoms with Crippen LogP contribution in [0.2, 0.25) is 0 Å². The molecule has 1 N–H and O–H groups in total. The van der Waals surface area contributed by atoms with Gasteiger partial charge >= 0.3 is 0 Å². The molecule has 0 saturated carbocycles. The lowest BCUT2D eigenvalue weighted by Crippen LogP contribution is -2.24. The Labute approximate surface area is 87.5 Å². The molecule has 0 unspecified atom stereocenters. The van der Waals surface area contributed by atoms with Crippen molar-refractivity contribution in [3.63, 3.8) is 0 Å². The number of oxazole rings is 1. The summed E-state index contributed by atoms with van der Waals surface area (Å²) in [7, 11) is 0. The fourth-order valence-corrected chi connectivity index (χ4v) is 1.62. The van der Waals surface area contributed by atoms with Crippen molar-refractivity contribution in [2.24, 2.45) is 0 Å². The maximum absolute atomic E-state index is 11.1. The van der Waals surface area contributed by atoms with Crippen molar-refractivity contribution in [3.8, 4) is 0 Å². The highest BCUT2D eigenvalue weighted by Gasteiger charge is 2.08. The van der Waals surface area contributed by atoms with E-state index in [0.717, 1.165) is 11.5 Å². The van der Waals surface area contributed by atoms with E-state index in [4.69, 9.17) is 4.42 Å². The average Bonchev–Trinajstić information content (AvgIpc) is 2.44. The molecule has 1 amide bonds. The zero-order valence-electron chi connectivity index (χ0n) is 8.59. The summed E-state index contributed by atoms with van der Waals surface area (Å²) in [6.45, 7) is 6.29. The standard InChI is InChI=1S/C9H14N2O2S/c1-4-10-8(12)5-14-9-11-6(2)7(3)13-9/h4-5H2,1-3H3,(H,10,12). The summed E-state index contributed by atoms with van der Waals surface area (Å²) in [5, 5.41) is 3.27. The molecule has 0 aromatic carbocycles. The summed E-state index contributed by atoms with van der Waals surface area (Å²) in [6, 6.07) is 0. The van der Waals surface area contributed by atoms with Crippen LogP contribution in [-0.2, 0) is 4.79 Å². The van der Waals surface area contributed by atoms with Crippen molar-refractivity contribution in [1.29, 1.82) is 0 Å². The first kappa shape index (κ1) is 11.1. The van der Waals surface area contributed by atoms with E-state index >= 15 is 0 Å². The van der Waals surface area contributed by atoms with Gasteiger partial charge in [0, 0.05) is 6.54 Å². The highest BCUT2D eigenvalue weighted by atomic mass is 32.2. The first-order valence-corrected chi connectivity index (χ1v) is 5.45. The zero-order chi connectivity index (χ0) is 10.6. The maximum Gasteiger partial charge on any atom is 0.256 e. The third-order valence-corrected chi connectivity index (χ3v) is 2.54. The summed E-state index contributed by atoms with van der Waals surface area (Å²) in [6.07, 6.45) is 0. The fourth-order valence-electron chi connectivity index (χ4n) is 0.881. The van der Waals surface area contributed by atoms with Gasteiger partial charge in [0.15, 0.2) is 0 Å². The smallest absolute Gasteiger partial charge is 0.256 e. The number of carbonyl (C=O) groups is 1. The first-order valence-electron chi connectivity index (χ1n) is 4.47. The van der Waals surface area contributed by atoms with Crippen LogP contribution in [0.4, 0.5) is 0 Å². The van der Waals surface area contributed by atoms with Gasteiger partial charge in [-0.15, -0.1) is 0 Å². The van der Waals surface area contributed by atoms with Gasteiger partial charge in [0.05, 0.1) is 11.4 Å². The Morgan fingerprint density at radius 1 is 1.57 bits per heavy atom. The number of carbonyl (C=O) groups excluding carboxylic acids is 1. The molecule has 4 nitrogen and oxygen atoms in total. The molecular formula is C9H14N2O2S. The second-order valence-corrected chi connectivity index (χ2v) is 3.79. The van der Waals surface area contributed by atoms with Crippen LogP contribution in [0.1, 0.15) is 18.4 Å².